The lowest BCUT2D eigenvalue weighted by Crippen LogP contribution is -2.23. The van der Waals surface area contributed by atoms with Crippen LogP contribution in [0.25, 0.3) is 0 Å². The van der Waals surface area contributed by atoms with Gasteiger partial charge in [0.2, 0.25) is 0 Å². The highest BCUT2D eigenvalue weighted by Crippen LogP contribution is 2.27. The summed E-state index contributed by atoms with van der Waals surface area (Å²) in [6, 6.07) is 4.47. The predicted octanol–water partition coefficient (Wildman–Crippen LogP) is 2.34. The molecular formula is C14H21NO3. The van der Waals surface area contributed by atoms with Gasteiger partial charge < -0.3 is 20.3 Å². The van der Waals surface area contributed by atoms with E-state index in [9.17, 15) is 10.2 Å². The lowest BCUT2D eigenvalue weighted by Gasteiger charge is -2.15. The van der Waals surface area contributed by atoms with Crippen LogP contribution in [-0.4, -0.2) is 30.0 Å². The number of hydrogen-bond donors (Lipinski definition) is 3. The van der Waals surface area contributed by atoms with E-state index in [1.807, 2.05) is 13.0 Å². The average molecular weight is 251 g/mol. The number of ether oxygens (including phenoxy) is 1. The van der Waals surface area contributed by atoms with E-state index in [1.54, 1.807) is 6.07 Å². The number of hydrogen-bond acceptors (Lipinski definition) is 4. The van der Waals surface area contributed by atoms with Crippen LogP contribution in [0.15, 0.2) is 30.9 Å². The average Bonchev–Trinajstić information content (AvgIpc) is 2.36. The first kappa shape index (κ1) is 14.5. The van der Waals surface area contributed by atoms with Crippen LogP contribution >= 0.6 is 0 Å². The Kier molecular flexibility index (Phi) is 6.25. The minimum atomic E-state index is -0.0416. The van der Waals surface area contributed by atoms with Crippen LogP contribution in [0, 0.1) is 0 Å². The van der Waals surface area contributed by atoms with E-state index in [4.69, 9.17) is 4.74 Å². The fourth-order valence-corrected chi connectivity index (χ4v) is 1.62. The molecule has 0 spiro atoms. The molecule has 1 aromatic carbocycles. The quantitative estimate of drug-likeness (QED) is 0.377. The number of phenols is 2. The molecule has 0 amide bonds. The molecule has 18 heavy (non-hydrogen) atoms. The van der Waals surface area contributed by atoms with Gasteiger partial charge in [0.25, 0.3) is 0 Å². The molecule has 0 radical (unpaired) electrons. The Morgan fingerprint density at radius 2 is 2.17 bits per heavy atom. The van der Waals surface area contributed by atoms with Gasteiger partial charge in [0, 0.05) is 18.2 Å². The van der Waals surface area contributed by atoms with E-state index in [2.05, 4.69) is 11.9 Å². The zero-order chi connectivity index (χ0) is 13.4. The highest BCUT2D eigenvalue weighted by Gasteiger charge is 2.10. The molecule has 0 aliphatic carbocycles. The number of nitrogens with one attached hydrogen (secondary N) is 1. The number of rotatable bonds is 8. The van der Waals surface area contributed by atoms with Crippen molar-refractivity contribution in [3.8, 4) is 11.5 Å². The molecule has 4 heteroatoms. The van der Waals surface area contributed by atoms with Gasteiger partial charge in [-0.2, -0.15) is 0 Å². The van der Waals surface area contributed by atoms with Crippen molar-refractivity contribution in [3.63, 3.8) is 0 Å². The summed E-state index contributed by atoms with van der Waals surface area (Å²) in [7, 11) is 0. The van der Waals surface area contributed by atoms with Gasteiger partial charge in [-0.3, -0.25) is 0 Å². The topological polar surface area (TPSA) is 61.7 Å². The van der Waals surface area contributed by atoms with Crippen molar-refractivity contribution in [2.24, 2.45) is 0 Å². The minimum Gasteiger partial charge on any atom is -0.508 e. The minimum absolute atomic E-state index is 0.0416. The highest BCUT2D eigenvalue weighted by molar-refractivity contribution is 5.40. The second-order valence-electron chi connectivity index (χ2n) is 4.11. The van der Waals surface area contributed by atoms with Gasteiger partial charge in [0.1, 0.15) is 11.5 Å². The van der Waals surface area contributed by atoms with Crippen molar-refractivity contribution in [2.75, 3.05) is 19.8 Å². The van der Waals surface area contributed by atoms with Gasteiger partial charge in [0.05, 0.1) is 13.2 Å². The van der Waals surface area contributed by atoms with Gasteiger partial charge >= 0.3 is 0 Å². The molecule has 0 saturated heterocycles. The van der Waals surface area contributed by atoms with Crippen LogP contribution in [0.3, 0.4) is 0 Å². The fraction of sp³-hybridized carbons (Fsp3) is 0.429. The Bertz CT molecular complexity index is 379. The SMILES string of the molecule is C=CCCOCCNC(C)c1cc(O)ccc1O. The maximum Gasteiger partial charge on any atom is 0.120 e. The molecule has 100 valence electrons. The summed E-state index contributed by atoms with van der Waals surface area (Å²) < 4.78 is 5.37. The summed E-state index contributed by atoms with van der Waals surface area (Å²) in [5.41, 5.74) is 0.682. The summed E-state index contributed by atoms with van der Waals surface area (Å²) in [6.07, 6.45) is 2.67. The van der Waals surface area contributed by atoms with Gasteiger partial charge in [0.15, 0.2) is 0 Å². The van der Waals surface area contributed by atoms with E-state index in [0.717, 1.165) is 6.42 Å². The van der Waals surface area contributed by atoms with E-state index < -0.39 is 0 Å². The molecule has 1 atom stereocenters. The molecule has 0 saturated carbocycles. The second-order valence-corrected chi connectivity index (χ2v) is 4.11. The molecule has 1 unspecified atom stereocenters. The molecule has 0 aromatic heterocycles. The lowest BCUT2D eigenvalue weighted by atomic mass is 10.1. The summed E-state index contributed by atoms with van der Waals surface area (Å²) in [4.78, 5) is 0. The van der Waals surface area contributed by atoms with Crippen LogP contribution in [0.4, 0.5) is 0 Å². The third-order valence-electron chi connectivity index (χ3n) is 2.64. The first-order chi connectivity index (χ1) is 8.65. The van der Waals surface area contributed by atoms with E-state index in [1.165, 1.54) is 12.1 Å². The zero-order valence-electron chi connectivity index (χ0n) is 10.7. The standard InChI is InChI=1S/C14H21NO3/c1-3-4-8-18-9-7-15-11(2)13-10-12(16)5-6-14(13)17/h3,5-6,10-11,15-17H,1,4,7-9H2,2H3. The Morgan fingerprint density at radius 3 is 2.89 bits per heavy atom. The molecule has 4 nitrogen and oxygen atoms in total. The zero-order valence-corrected chi connectivity index (χ0v) is 10.7. The van der Waals surface area contributed by atoms with Crippen molar-refractivity contribution < 1.29 is 14.9 Å². The van der Waals surface area contributed by atoms with Crippen LogP contribution in [0.5, 0.6) is 11.5 Å². The smallest absolute Gasteiger partial charge is 0.120 e. The van der Waals surface area contributed by atoms with E-state index in [-0.39, 0.29) is 17.5 Å². The van der Waals surface area contributed by atoms with Crippen LogP contribution in [-0.2, 0) is 4.74 Å². The third-order valence-corrected chi connectivity index (χ3v) is 2.64. The van der Waals surface area contributed by atoms with Crippen LogP contribution in [0.2, 0.25) is 0 Å². The summed E-state index contributed by atoms with van der Waals surface area (Å²) in [5.74, 6) is 0.332. The monoisotopic (exact) mass is 251 g/mol. The van der Waals surface area contributed by atoms with Gasteiger partial charge in [-0.15, -0.1) is 6.58 Å². The highest BCUT2D eigenvalue weighted by atomic mass is 16.5. The van der Waals surface area contributed by atoms with Crippen molar-refractivity contribution in [1.29, 1.82) is 0 Å². The molecule has 0 aliphatic rings. The van der Waals surface area contributed by atoms with Crippen molar-refractivity contribution in [3.05, 3.63) is 36.4 Å². The first-order valence-electron chi connectivity index (χ1n) is 6.09. The van der Waals surface area contributed by atoms with Crippen LogP contribution in [0.1, 0.15) is 24.9 Å². The predicted molar refractivity (Wildman–Crippen MR) is 71.8 cm³/mol. The Morgan fingerprint density at radius 1 is 1.39 bits per heavy atom. The maximum absolute atomic E-state index is 9.68. The molecular weight excluding hydrogens is 230 g/mol. The second kappa shape index (κ2) is 7.74. The normalized spacial score (nSPS) is 12.3. The van der Waals surface area contributed by atoms with Crippen LogP contribution < -0.4 is 5.32 Å². The van der Waals surface area contributed by atoms with Gasteiger partial charge in [-0.25, -0.2) is 0 Å². The van der Waals surface area contributed by atoms with E-state index >= 15 is 0 Å². The molecule has 0 aliphatic heterocycles. The number of phenolic OH excluding ortho intramolecular Hbond substituents is 2. The molecule has 1 rings (SSSR count). The van der Waals surface area contributed by atoms with Gasteiger partial charge in [-0.05, 0) is 31.5 Å². The number of benzene rings is 1. The first-order valence-corrected chi connectivity index (χ1v) is 6.09. The molecule has 0 fully saturated rings. The summed E-state index contributed by atoms with van der Waals surface area (Å²) in [5, 5.41) is 22.3. The summed E-state index contributed by atoms with van der Waals surface area (Å²) >= 11 is 0. The summed E-state index contributed by atoms with van der Waals surface area (Å²) in [6.45, 7) is 7.52. The molecule has 1 aromatic rings. The lowest BCUT2D eigenvalue weighted by molar-refractivity contribution is 0.138. The Labute approximate surface area is 108 Å². The molecule has 0 bridgehead atoms. The van der Waals surface area contributed by atoms with E-state index in [0.29, 0.717) is 25.3 Å². The molecule has 0 heterocycles. The van der Waals surface area contributed by atoms with Gasteiger partial charge in [-0.1, -0.05) is 6.08 Å². The van der Waals surface area contributed by atoms with Crippen molar-refractivity contribution in [1.82, 2.24) is 5.32 Å². The largest absolute Gasteiger partial charge is 0.508 e. The Hall–Kier alpha value is -1.52. The van der Waals surface area contributed by atoms with Crippen molar-refractivity contribution >= 4 is 0 Å². The Balaban J connectivity index is 2.33. The maximum atomic E-state index is 9.68. The third kappa shape index (κ3) is 4.77. The number of aromatic hydroxyl groups is 2. The molecule has 3 N–H and O–H groups in total. The van der Waals surface area contributed by atoms with Crippen molar-refractivity contribution in [2.45, 2.75) is 19.4 Å². The fourth-order valence-electron chi connectivity index (χ4n) is 1.62.